The Balaban J connectivity index is 1.86. The van der Waals surface area contributed by atoms with Crippen molar-refractivity contribution >= 4 is 17.0 Å². The predicted octanol–water partition coefficient (Wildman–Crippen LogP) is 3.36. The third-order valence-electron chi connectivity index (χ3n) is 3.34. The first-order valence-electron chi connectivity index (χ1n) is 6.45. The maximum Gasteiger partial charge on any atom is 0.201 e. The molecule has 20 heavy (non-hydrogen) atoms. The molecule has 0 bridgehead atoms. The van der Waals surface area contributed by atoms with Crippen LogP contribution in [-0.2, 0) is 6.54 Å². The average molecular weight is 262 g/mol. The van der Waals surface area contributed by atoms with E-state index in [1.807, 2.05) is 24.3 Å². The molecule has 4 nitrogen and oxygen atoms in total. The van der Waals surface area contributed by atoms with Crippen molar-refractivity contribution in [2.24, 2.45) is 0 Å². The van der Waals surface area contributed by atoms with Gasteiger partial charge < -0.3 is 10.3 Å². The molecule has 0 fully saturated rings. The molecule has 0 amide bonds. The number of nitrogens with one attached hydrogen (secondary N) is 2. The molecule has 98 valence electrons. The van der Waals surface area contributed by atoms with E-state index in [9.17, 15) is 0 Å². The lowest BCUT2D eigenvalue weighted by atomic mass is 10.1. The van der Waals surface area contributed by atoms with Gasteiger partial charge in [0.05, 0.1) is 11.1 Å². The van der Waals surface area contributed by atoms with Gasteiger partial charge >= 0.3 is 0 Å². The van der Waals surface area contributed by atoms with Crippen LogP contribution in [0.3, 0.4) is 0 Å². The summed E-state index contributed by atoms with van der Waals surface area (Å²) >= 11 is 0. The first-order chi connectivity index (χ1) is 9.78. The second-order valence-electron chi connectivity index (χ2n) is 4.68. The lowest BCUT2D eigenvalue weighted by Gasteiger charge is -2.05. The van der Waals surface area contributed by atoms with Gasteiger partial charge in [0.1, 0.15) is 11.6 Å². The maximum atomic E-state index is 9.06. The molecule has 0 unspecified atom stereocenters. The van der Waals surface area contributed by atoms with Crippen molar-refractivity contribution < 1.29 is 0 Å². The largest absolute Gasteiger partial charge is 0.352 e. The summed E-state index contributed by atoms with van der Waals surface area (Å²) in [5.41, 5.74) is 4.64. The highest BCUT2D eigenvalue weighted by Gasteiger charge is 2.06. The Bertz CT molecular complexity index is 796. The molecule has 3 aromatic rings. The molecule has 0 saturated heterocycles. The van der Waals surface area contributed by atoms with Crippen LogP contribution in [0.15, 0.2) is 42.5 Å². The number of nitrogens with zero attached hydrogens (tertiary/aromatic N) is 2. The molecule has 1 heterocycles. The second kappa shape index (κ2) is 5.06. The number of aryl methyl sites for hydroxylation is 1. The maximum absolute atomic E-state index is 9.06. The van der Waals surface area contributed by atoms with E-state index in [1.54, 1.807) is 6.07 Å². The van der Waals surface area contributed by atoms with Gasteiger partial charge in [0.15, 0.2) is 0 Å². The summed E-state index contributed by atoms with van der Waals surface area (Å²) in [7, 11) is 0. The smallest absolute Gasteiger partial charge is 0.201 e. The van der Waals surface area contributed by atoms with Crippen molar-refractivity contribution in [1.82, 2.24) is 9.97 Å². The fraction of sp³-hybridized carbons (Fsp3) is 0.125. The lowest BCUT2D eigenvalue weighted by molar-refractivity contribution is 1.08. The van der Waals surface area contributed by atoms with Crippen molar-refractivity contribution in [1.29, 1.82) is 5.26 Å². The van der Waals surface area contributed by atoms with E-state index < -0.39 is 0 Å². The summed E-state index contributed by atoms with van der Waals surface area (Å²) in [5, 5.41) is 12.3. The fourth-order valence-corrected chi connectivity index (χ4v) is 2.19. The number of imidazole rings is 1. The van der Waals surface area contributed by atoms with E-state index in [0.29, 0.717) is 23.6 Å². The minimum Gasteiger partial charge on any atom is -0.352 e. The highest BCUT2D eigenvalue weighted by molar-refractivity contribution is 5.83. The van der Waals surface area contributed by atoms with Crippen LogP contribution in [0.1, 0.15) is 16.7 Å². The quantitative estimate of drug-likeness (QED) is 0.760. The number of hydrogen-bond donors (Lipinski definition) is 2. The number of anilines is 1. The van der Waals surface area contributed by atoms with Gasteiger partial charge in [-0.1, -0.05) is 30.3 Å². The van der Waals surface area contributed by atoms with Gasteiger partial charge in [-0.25, -0.2) is 4.98 Å². The second-order valence-corrected chi connectivity index (χ2v) is 4.68. The van der Waals surface area contributed by atoms with Gasteiger partial charge in [-0.2, -0.15) is 5.26 Å². The zero-order chi connectivity index (χ0) is 13.9. The van der Waals surface area contributed by atoms with E-state index >= 15 is 0 Å². The van der Waals surface area contributed by atoms with E-state index in [1.165, 1.54) is 11.1 Å². The summed E-state index contributed by atoms with van der Waals surface area (Å²) in [6.45, 7) is 2.79. The average Bonchev–Trinajstić information content (AvgIpc) is 2.89. The summed E-state index contributed by atoms with van der Waals surface area (Å²) in [5.74, 6) is 0.686. The van der Waals surface area contributed by atoms with Gasteiger partial charge in [-0.3, -0.25) is 0 Å². The van der Waals surface area contributed by atoms with Crippen LogP contribution in [-0.4, -0.2) is 9.97 Å². The van der Waals surface area contributed by atoms with Crippen LogP contribution >= 0.6 is 0 Å². The summed E-state index contributed by atoms with van der Waals surface area (Å²) in [4.78, 5) is 7.63. The SMILES string of the molecule is Cc1ccccc1CNc1nc2c(C#N)cccc2[nH]1. The van der Waals surface area contributed by atoms with Crippen molar-refractivity contribution in [3.63, 3.8) is 0 Å². The summed E-state index contributed by atoms with van der Waals surface area (Å²) < 4.78 is 0. The normalized spacial score (nSPS) is 10.4. The molecule has 0 aliphatic carbocycles. The van der Waals surface area contributed by atoms with E-state index in [2.05, 4.69) is 40.4 Å². The fourth-order valence-electron chi connectivity index (χ4n) is 2.19. The Morgan fingerprint density at radius 3 is 2.85 bits per heavy atom. The zero-order valence-corrected chi connectivity index (χ0v) is 11.1. The number of H-pyrrole nitrogens is 1. The molecule has 0 aliphatic heterocycles. The monoisotopic (exact) mass is 262 g/mol. The molecule has 2 aromatic carbocycles. The molecule has 3 rings (SSSR count). The zero-order valence-electron chi connectivity index (χ0n) is 11.1. The molecule has 4 heteroatoms. The standard InChI is InChI=1S/C16H14N4/c1-11-5-2-3-6-13(11)10-18-16-19-14-8-4-7-12(9-17)15(14)20-16/h2-8H,10H2,1H3,(H2,18,19,20). The van der Waals surface area contributed by atoms with Crippen molar-refractivity contribution in [3.8, 4) is 6.07 Å². The molecular weight excluding hydrogens is 248 g/mol. The van der Waals surface area contributed by atoms with Crippen LogP contribution in [0.5, 0.6) is 0 Å². The molecule has 0 spiro atoms. The van der Waals surface area contributed by atoms with Crippen LogP contribution in [0.2, 0.25) is 0 Å². The highest BCUT2D eigenvalue weighted by Crippen LogP contribution is 2.18. The Labute approximate surface area is 117 Å². The van der Waals surface area contributed by atoms with Gasteiger partial charge in [-0.15, -0.1) is 0 Å². The molecule has 0 saturated carbocycles. The van der Waals surface area contributed by atoms with E-state index in [0.717, 1.165) is 5.52 Å². The molecule has 0 atom stereocenters. The van der Waals surface area contributed by atoms with Crippen molar-refractivity contribution in [3.05, 3.63) is 59.2 Å². The van der Waals surface area contributed by atoms with E-state index in [-0.39, 0.29) is 0 Å². The topological polar surface area (TPSA) is 64.5 Å². The van der Waals surface area contributed by atoms with Gasteiger partial charge in [0, 0.05) is 6.54 Å². The third kappa shape index (κ3) is 2.21. The number of aromatic nitrogens is 2. The number of rotatable bonds is 3. The van der Waals surface area contributed by atoms with E-state index in [4.69, 9.17) is 5.26 Å². The number of hydrogen-bond acceptors (Lipinski definition) is 3. The van der Waals surface area contributed by atoms with Crippen LogP contribution in [0.25, 0.3) is 11.0 Å². The minimum absolute atomic E-state index is 0.586. The first-order valence-corrected chi connectivity index (χ1v) is 6.45. The highest BCUT2D eigenvalue weighted by atomic mass is 15.1. The first kappa shape index (κ1) is 12.2. The number of benzene rings is 2. The number of para-hydroxylation sites is 1. The predicted molar refractivity (Wildman–Crippen MR) is 79.3 cm³/mol. The number of fused-ring (bicyclic) bond motifs is 1. The van der Waals surface area contributed by atoms with Gasteiger partial charge in [0.25, 0.3) is 0 Å². The molecule has 2 N–H and O–H groups in total. The van der Waals surface area contributed by atoms with Crippen LogP contribution in [0, 0.1) is 18.3 Å². The van der Waals surface area contributed by atoms with Crippen molar-refractivity contribution in [2.75, 3.05) is 5.32 Å². The Hall–Kier alpha value is -2.80. The van der Waals surface area contributed by atoms with Gasteiger partial charge in [0.2, 0.25) is 5.95 Å². The Kier molecular flexibility index (Phi) is 3.10. The molecular formula is C16H14N4. The Morgan fingerprint density at radius 2 is 2.05 bits per heavy atom. The van der Waals surface area contributed by atoms with Crippen molar-refractivity contribution in [2.45, 2.75) is 13.5 Å². The summed E-state index contributed by atoms with van der Waals surface area (Å²) in [6.07, 6.45) is 0. The third-order valence-corrected chi connectivity index (χ3v) is 3.34. The molecule has 1 aromatic heterocycles. The van der Waals surface area contributed by atoms with Gasteiger partial charge in [-0.05, 0) is 30.2 Å². The molecule has 0 aliphatic rings. The summed E-state index contributed by atoms with van der Waals surface area (Å²) in [6, 6.07) is 15.9. The minimum atomic E-state index is 0.586. The Morgan fingerprint density at radius 1 is 1.20 bits per heavy atom. The number of nitriles is 1. The lowest BCUT2D eigenvalue weighted by Crippen LogP contribution is -2.02. The number of aromatic amines is 1. The molecule has 0 radical (unpaired) electrons. The van der Waals surface area contributed by atoms with Crippen LogP contribution in [0.4, 0.5) is 5.95 Å². The van der Waals surface area contributed by atoms with Crippen LogP contribution < -0.4 is 5.32 Å².